The van der Waals surface area contributed by atoms with Crippen LogP contribution in [0.2, 0.25) is 5.02 Å². The third kappa shape index (κ3) is 3.85. The van der Waals surface area contributed by atoms with Gasteiger partial charge in [-0.15, -0.1) is 0 Å². The van der Waals surface area contributed by atoms with Gasteiger partial charge in [-0.3, -0.25) is 4.79 Å². The number of carbonyl (C=O) groups is 1. The second-order valence-electron chi connectivity index (χ2n) is 5.90. The quantitative estimate of drug-likeness (QED) is 0.894. The average molecular weight is 330 g/mol. The van der Waals surface area contributed by atoms with Gasteiger partial charge in [0.25, 0.3) is 5.91 Å². The number of rotatable bonds is 4. The Labute approximate surface area is 141 Å². The Hall–Kier alpha value is -2.00. The first-order valence-electron chi connectivity index (χ1n) is 7.93. The summed E-state index contributed by atoms with van der Waals surface area (Å²) in [5.74, 6) is 0.656. The van der Waals surface area contributed by atoms with Crippen LogP contribution in [0.1, 0.15) is 29.5 Å². The van der Waals surface area contributed by atoms with E-state index in [9.17, 15) is 4.79 Å². The molecule has 0 radical (unpaired) electrons. The van der Waals surface area contributed by atoms with Crippen molar-refractivity contribution in [1.29, 1.82) is 0 Å². The number of benzene rings is 2. The second-order valence-corrected chi connectivity index (χ2v) is 6.33. The van der Waals surface area contributed by atoms with Crippen LogP contribution in [-0.2, 0) is 17.6 Å². The average Bonchev–Trinajstić information content (AvgIpc) is 2.56. The maximum absolute atomic E-state index is 12.1. The van der Waals surface area contributed by atoms with E-state index >= 15 is 0 Å². The van der Waals surface area contributed by atoms with Crippen molar-refractivity contribution in [2.75, 3.05) is 11.9 Å². The second kappa shape index (κ2) is 7.05. The standard InChI is InChI=1S/C19H20ClNO2/c1-13-9-10-15(20)11-17(13)21-19(22)12-23-18-8-4-6-14-5-2-3-7-16(14)18/h4,6,8-11H,2-3,5,7,12H2,1H3,(H,21,22). The molecule has 1 aliphatic rings. The lowest BCUT2D eigenvalue weighted by atomic mass is 9.91. The van der Waals surface area contributed by atoms with E-state index in [-0.39, 0.29) is 12.5 Å². The molecule has 23 heavy (non-hydrogen) atoms. The van der Waals surface area contributed by atoms with Gasteiger partial charge in [0.2, 0.25) is 0 Å². The Morgan fingerprint density at radius 1 is 1.22 bits per heavy atom. The highest BCUT2D eigenvalue weighted by Gasteiger charge is 2.15. The Kier molecular flexibility index (Phi) is 4.87. The number of fused-ring (bicyclic) bond motifs is 1. The van der Waals surface area contributed by atoms with E-state index in [1.165, 1.54) is 24.0 Å². The molecule has 0 aliphatic heterocycles. The Balaban J connectivity index is 1.64. The van der Waals surface area contributed by atoms with Gasteiger partial charge in [-0.2, -0.15) is 0 Å². The summed E-state index contributed by atoms with van der Waals surface area (Å²) in [6.45, 7) is 1.93. The zero-order valence-electron chi connectivity index (χ0n) is 13.2. The topological polar surface area (TPSA) is 38.3 Å². The maximum atomic E-state index is 12.1. The normalized spacial score (nSPS) is 13.3. The fraction of sp³-hybridized carbons (Fsp3) is 0.316. The van der Waals surface area contributed by atoms with Crippen LogP contribution in [0.5, 0.6) is 5.75 Å². The number of hydrogen-bond acceptors (Lipinski definition) is 2. The van der Waals surface area contributed by atoms with Gasteiger partial charge in [-0.25, -0.2) is 0 Å². The highest BCUT2D eigenvalue weighted by Crippen LogP contribution is 2.29. The van der Waals surface area contributed by atoms with Crippen molar-refractivity contribution in [2.45, 2.75) is 32.6 Å². The molecule has 3 rings (SSSR count). The molecule has 2 aromatic rings. The predicted octanol–water partition coefficient (Wildman–Crippen LogP) is 4.54. The minimum absolute atomic E-state index is 0.00239. The van der Waals surface area contributed by atoms with Crippen LogP contribution < -0.4 is 10.1 Å². The largest absolute Gasteiger partial charge is 0.483 e. The summed E-state index contributed by atoms with van der Waals surface area (Å²) in [6, 6.07) is 11.5. The summed E-state index contributed by atoms with van der Waals surface area (Å²) in [5.41, 5.74) is 4.30. The number of nitrogens with one attached hydrogen (secondary N) is 1. The fourth-order valence-electron chi connectivity index (χ4n) is 2.94. The number of anilines is 1. The number of aryl methyl sites for hydroxylation is 2. The van der Waals surface area contributed by atoms with Crippen LogP contribution in [0, 0.1) is 6.92 Å². The minimum Gasteiger partial charge on any atom is -0.483 e. The monoisotopic (exact) mass is 329 g/mol. The molecule has 0 aromatic heterocycles. The lowest BCUT2D eigenvalue weighted by Gasteiger charge is -2.19. The zero-order chi connectivity index (χ0) is 16.2. The summed E-state index contributed by atoms with van der Waals surface area (Å²) >= 11 is 5.97. The van der Waals surface area contributed by atoms with Gasteiger partial charge in [0, 0.05) is 10.7 Å². The highest BCUT2D eigenvalue weighted by molar-refractivity contribution is 6.31. The molecule has 0 unspecified atom stereocenters. The van der Waals surface area contributed by atoms with E-state index in [2.05, 4.69) is 11.4 Å². The molecule has 1 aliphatic carbocycles. The molecule has 0 spiro atoms. The first-order chi connectivity index (χ1) is 11.1. The molecule has 1 N–H and O–H groups in total. The lowest BCUT2D eigenvalue weighted by molar-refractivity contribution is -0.118. The zero-order valence-corrected chi connectivity index (χ0v) is 14.0. The van der Waals surface area contributed by atoms with Gasteiger partial charge < -0.3 is 10.1 Å². The summed E-state index contributed by atoms with van der Waals surface area (Å²) in [5, 5.41) is 3.45. The van der Waals surface area contributed by atoms with E-state index in [4.69, 9.17) is 16.3 Å². The van der Waals surface area contributed by atoms with Gasteiger partial charge in [0.05, 0.1) is 0 Å². The van der Waals surface area contributed by atoms with E-state index in [0.29, 0.717) is 5.02 Å². The summed E-state index contributed by atoms with van der Waals surface area (Å²) in [7, 11) is 0. The predicted molar refractivity (Wildman–Crippen MR) is 93.4 cm³/mol. The van der Waals surface area contributed by atoms with Crippen molar-refractivity contribution in [3.63, 3.8) is 0 Å². The van der Waals surface area contributed by atoms with Gasteiger partial charge in [0.15, 0.2) is 6.61 Å². The van der Waals surface area contributed by atoms with Gasteiger partial charge in [-0.1, -0.05) is 29.8 Å². The van der Waals surface area contributed by atoms with Crippen molar-refractivity contribution < 1.29 is 9.53 Å². The molecule has 0 saturated carbocycles. The molecule has 4 heteroatoms. The molecular formula is C19H20ClNO2. The van der Waals surface area contributed by atoms with E-state index < -0.39 is 0 Å². The molecule has 120 valence electrons. The molecular weight excluding hydrogens is 310 g/mol. The molecule has 0 saturated heterocycles. The number of carbonyl (C=O) groups excluding carboxylic acids is 1. The Morgan fingerprint density at radius 2 is 2.04 bits per heavy atom. The van der Waals surface area contributed by atoms with E-state index in [1.54, 1.807) is 12.1 Å². The van der Waals surface area contributed by atoms with E-state index in [0.717, 1.165) is 29.8 Å². The third-order valence-corrected chi connectivity index (χ3v) is 4.42. The summed E-state index contributed by atoms with van der Waals surface area (Å²) in [6.07, 6.45) is 4.53. The van der Waals surface area contributed by atoms with Crippen LogP contribution in [0.15, 0.2) is 36.4 Å². The SMILES string of the molecule is Cc1ccc(Cl)cc1NC(=O)COc1cccc2c1CCCC2. The van der Waals surface area contributed by atoms with Gasteiger partial charge >= 0.3 is 0 Å². The van der Waals surface area contributed by atoms with Crippen molar-refractivity contribution in [2.24, 2.45) is 0 Å². The van der Waals surface area contributed by atoms with Crippen molar-refractivity contribution in [1.82, 2.24) is 0 Å². The van der Waals surface area contributed by atoms with Gasteiger partial charge in [0.1, 0.15) is 5.75 Å². The van der Waals surface area contributed by atoms with Crippen LogP contribution >= 0.6 is 11.6 Å². The first-order valence-corrected chi connectivity index (χ1v) is 8.31. The Bertz CT molecular complexity index is 727. The first kappa shape index (κ1) is 15.9. The molecule has 0 fully saturated rings. The maximum Gasteiger partial charge on any atom is 0.262 e. The smallest absolute Gasteiger partial charge is 0.262 e. The fourth-order valence-corrected chi connectivity index (χ4v) is 3.11. The number of halogens is 1. The molecule has 0 heterocycles. The number of ether oxygens (including phenoxy) is 1. The van der Waals surface area contributed by atoms with Crippen LogP contribution in [-0.4, -0.2) is 12.5 Å². The molecule has 3 nitrogen and oxygen atoms in total. The summed E-state index contributed by atoms with van der Waals surface area (Å²) < 4.78 is 5.76. The molecule has 0 atom stereocenters. The molecule has 2 aromatic carbocycles. The highest BCUT2D eigenvalue weighted by atomic mass is 35.5. The Morgan fingerprint density at radius 3 is 2.91 bits per heavy atom. The number of hydrogen-bond donors (Lipinski definition) is 1. The molecule has 0 bridgehead atoms. The van der Waals surface area contributed by atoms with Crippen LogP contribution in [0.25, 0.3) is 0 Å². The number of amides is 1. The lowest BCUT2D eigenvalue weighted by Crippen LogP contribution is -2.21. The van der Waals surface area contributed by atoms with Crippen LogP contribution in [0.4, 0.5) is 5.69 Å². The van der Waals surface area contributed by atoms with E-state index in [1.807, 2.05) is 25.1 Å². The van der Waals surface area contributed by atoms with Crippen molar-refractivity contribution in [3.8, 4) is 5.75 Å². The summed E-state index contributed by atoms with van der Waals surface area (Å²) in [4.78, 5) is 12.1. The van der Waals surface area contributed by atoms with Crippen molar-refractivity contribution >= 4 is 23.2 Å². The van der Waals surface area contributed by atoms with Crippen LogP contribution in [0.3, 0.4) is 0 Å². The third-order valence-electron chi connectivity index (χ3n) is 4.19. The van der Waals surface area contributed by atoms with Crippen molar-refractivity contribution in [3.05, 3.63) is 58.1 Å². The minimum atomic E-state index is -0.177. The van der Waals surface area contributed by atoms with Gasteiger partial charge in [-0.05, 0) is 67.5 Å². The molecule has 1 amide bonds.